The summed E-state index contributed by atoms with van der Waals surface area (Å²) in [5.74, 6) is 0.478. The Morgan fingerprint density at radius 2 is 1.83 bits per heavy atom. The van der Waals surface area contributed by atoms with E-state index in [0.717, 1.165) is 49.3 Å². The van der Waals surface area contributed by atoms with E-state index < -0.39 is 0 Å². The highest BCUT2D eigenvalue weighted by molar-refractivity contribution is 5.79. The van der Waals surface area contributed by atoms with Gasteiger partial charge in [0.2, 0.25) is 0 Å². The molecule has 0 aliphatic carbocycles. The highest BCUT2D eigenvalue weighted by atomic mass is 19.1. The zero-order valence-corrected chi connectivity index (χ0v) is 17.0. The number of nitrogens with zero attached hydrogens (tertiary/aromatic N) is 1. The van der Waals surface area contributed by atoms with E-state index in [4.69, 9.17) is 9.47 Å². The van der Waals surface area contributed by atoms with Crippen LogP contribution in [0.5, 0.6) is 0 Å². The fourth-order valence-corrected chi connectivity index (χ4v) is 3.22. The lowest BCUT2D eigenvalue weighted by Gasteiger charge is -2.22. The SMILES string of the molecule is CCNC(=NCc1cccc(COC2CCOCC2)c1)NCc1cccc(F)c1. The van der Waals surface area contributed by atoms with Crippen molar-refractivity contribution in [1.82, 2.24) is 10.6 Å². The van der Waals surface area contributed by atoms with E-state index in [1.54, 1.807) is 6.07 Å². The summed E-state index contributed by atoms with van der Waals surface area (Å²) in [5.41, 5.74) is 3.16. The largest absolute Gasteiger partial charge is 0.381 e. The lowest BCUT2D eigenvalue weighted by atomic mass is 10.1. The molecule has 1 aliphatic rings. The van der Waals surface area contributed by atoms with Gasteiger partial charge in [-0.3, -0.25) is 0 Å². The van der Waals surface area contributed by atoms with E-state index in [9.17, 15) is 4.39 Å². The average Bonchev–Trinajstić information content (AvgIpc) is 2.75. The Kier molecular flexibility index (Phi) is 8.46. The van der Waals surface area contributed by atoms with Crippen LogP contribution in [0.15, 0.2) is 53.5 Å². The number of ether oxygens (including phenoxy) is 2. The van der Waals surface area contributed by atoms with E-state index in [-0.39, 0.29) is 11.9 Å². The first kappa shape index (κ1) is 21.3. The first-order valence-electron chi connectivity index (χ1n) is 10.3. The molecule has 156 valence electrons. The predicted molar refractivity (Wildman–Crippen MR) is 113 cm³/mol. The smallest absolute Gasteiger partial charge is 0.191 e. The molecule has 2 aromatic rings. The number of hydrogen-bond donors (Lipinski definition) is 2. The van der Waals surface area contributed by atoms with Gasteiger partial charge in [-0.2, -0.15) is 0 Å². The van der Waals surface area contributed by atoms with Gasteiger partial charge >= 0.3 is 0 Å². The second-order valence-electron chi connectivity index (χ2n) is 7.12. The first-order valence-corrected chi connectivity index (χ1v) is 10.3. The number of nitrogens with one attached hydrogen (secondary N) is 2. The van der Waals surface area contributed by atoms with Crippen LogP contribution < -0.4 is 10.6 Å². The van der Waals surface area contributed by atoms with Crippen LogP contribution >= 0.6 is 0 Å². The summed E-state index contributed by atoms with van der Waals surface area (Å²) in [7, 11) is 0. The third-order valence-electron chi connectivity index (χ3n) is 4.76. The van der Waals surface area contributed by atoms with Gasteiger partial charge in [0.25, 0.3) is 0 Å². The van der Waals surface area contributed by atoms with Crippen LogP contribution in [0.2, 0.25) is 0 Å². The first-order chi connectivity index (χ1) is 14.2. The third-order valence-corrected chi connectivity index (χ3v) is 4.76. The van der Waals surface area contributed by atoms with Crippen molar-refractivity contribution in [1.29, 1.82) is 0 Å². The number of aliphatic imine (C=N–C) groups is 1. The van der Waals surface area contributed by atoms with Crippen molar-refractivity contribution in [3.05, 3.63) is 71.0 Å². The summed E-state index contributed by atoms with van der Waals surface area (Å²) in [5, 5.41) is 6.48. The second kappa shape index (κ2) is 11.5. The third kappa shape index (κ3) is 7.48. The molecule has 0 atom stereocenters. The molecule has 2 N–H and O–H groups in total. The molecule has 3 rings (SSSR count). The lowest BCUT2D eigenvalue weighted by molar-refractivity contribution is -0.0390. The molecule has 0 saturated carbocycles. The quantitative estimate of drug-likeness (QED) is 0.524. The Labute approximate surface area is 172 Å². The van der Waals surface area contributed by atoms with Gasteiger partial charge < -0.3 is 20.1 Å². The van der Waals surface area contributed by atoms with Crippen LogP contribution in [-0.4, -0.2) is 31.8 Å². The molecule has 1 heterocycles. The molecule has 1 fully saturated rings. The van der Waals surface area contributed by atoms with E-state index >= 15 is 0 Å². The van der Waals surface area contributed by atoms with Gasteiger partial charge in [0.15, 0.2) is 5.96 Å². The van der Waals surface area contributed by atoms with Gasteiger partial charge in [-0.15, -0.1) is 0 Å². The maximum atomic E-state index is 13.3. The van der Waals surface area contributed by atoms with Gasteiger partial charge in [-0.1, -0.05) is 36.4 Å². The van der Waals surface area contributed by atoms with E-state index in [1.165, 1.54) is 12.1 Å². The zero-order chi connectivity index (χ0) is 20.3. The molecule has 0 unspecified atom stereocenters. The minimum atomic E-state index is -0.231. The number of guanidine groups is 1. The average molecular weight is 400 g/mol. The molecular formula is C23H30FN3O2. The molecule has 0 amide bonds. The molecule has 5 nitrogen and oxygen atoms in total. The Hall–Kier alpha value is -2.44. The molecule has 1 aliphatic heterocycles. The Morgan fingerprint density at radius 3 is 2.62 bits per heavy atom. The van der Waals surface area contributed by atoms with Crippen molar-refractivity contribution in [3.63, 3.8) is 0 Å². The van der Waals surface area contributed by atoms with Crippen molar-refractivity contribution in [2.45, 2.75) is 45.6 Å². The number of rotatable bonds is 8. The molecule has 0 spiro atoms. The molecular weight excluding hydrogens is 369 g/mol. The topological polar surface area (TPSA) is 54.9 Å². The lowest BCUT2D eigenvalue weighted by Crippen LogP contribution is -2.36. The maximum Gasteiger partial charge on any atom is 0.191 e. The Bertz CT molecular complexity index is 791. The van der Waals surface area contributed by atoms with E-state index in [0.29, 0.717) is 25.7 Å². The van der Waals surface area contributed by atoms with Gasteiger partial charge in [0.05, 0.1) is 19.3 Å². The molecule has 0 bridgehead atoms. The van der Waals surface area contributed by atoms with Gasteiger partial charge in [0.1, 0.15) is 5.82 Å². The molecule has 29 heavy (non-hydrogen) atoms. The number of halogens is 1. The summed E-state index contributed by atoms with van der Waals surface area (Å²) < 4.78 is 24.7. The number of hydrogen-bond acceptors (Lipinski definition) is 3. The van der Waals surface area contributed by atoms with Crippen LogP contribution in [0, 0.1) is 5.82 Å². The predicted octanol–water partition coefficient (Wildman–Crippen LogP) is 3.78. The zero-order valence-electron chi connectivity index (χ0n) is 17.0. The Morgan fingerprint density at radius 1 is 1.07 bits per heavy atom. The van der Waals surface area contributed by atoms with Crippen LogP contribution in [-0.2, 0) is 29.2 Å². The van der Waals surface area contributed by atoms with Gasteiger partial charge in [-0.25, -0.2) is 9.38 Å². The molecule has 0 radical (unpaired) electrons. The van der Waals surface area contributed by atoms with Crippen molar-refractivity contribution in [2.75, 3.05) is 19.8 Å². The van der Waals surface area contributed by atoms with Crippen LogP contribution in [0.3, 0.4) is 0 Å². The van der Waals surface area contributed by atoms with Crippen LogP contribution in [0.1, 0.15) is 36.5 Å². The van der Waals surface area contributed by atoms with Crippen molar-refractivity contribution >= 4 is 5.96 Å². The summed E-state index contributed by atoms with van der Waals surface area (Å²) >= 11 is 0. The molecule has 6 heteroatoms. The number of benzene rings is 2. The van der Waals surface area contributed by atoms with Gasteiger partial charge in [-0.05, 0) is 48.6 Å². The highest BCUT2D eigenvalue weighted by Crippen LogP contribution is 2.14. The van der Waals surface area contributed by atoms with Crippen LogP contribution in [0.25, 0.3) is 0 Å². The molecule has 0 aromatic heterocycles. The summed E-state index contributed by atoms with van der Waals surface area (Å²) in [6.07, 6.45) is 2.22. The molecule has 1 saturated heterocycles. The van der Waals surface area contributed by atoms with Gasteiger partial charge in [0, 0.05) is 26.3 Å². The minimum Gasteiger partial charge on any atom is -0.381 e. The van der Waals surface area contributed by atoms with Crippen molar-refractivity contribution in [3.8, 4) is 0 Å². The highest BCUT2D eigenvalue weighted by Gasteiger charge is 2.14. The maximum absolute atomic E-state index is 13.3. The van der Waals surface area contributed by atoms with Crippen molar-refractivity contribution in [2.24, 2.45) is 4.99 Å². The second-order valence-corrected chi connectivity index (χ2v) is 7.12. The van der Waals surface area contributed by atoms with Crippen LogP contribution in [0.4, 0.5) is 4.39 Å². The summed E-state index contributed by atoms with van der Waals surface area (Å²) in [6.45, 7) is 6.04. The fourth-order valence-electron chi connectivity index (χ4n) is 3.22. The fraction of sp³-hybridized carbons (Fsp3) is 0.435. The summed E-state index contributed by atoms with van der Waals surface area (Å²) in [6, 6.07) is 14.9. The standard InChI is InChI=1S/C23H30FN3O2/c1-2-25-23(27-16-19-6-4-8-21(24)14-19)26-15-18-5-3-7-20(13-18)17-29-22-9-11-28-12-10-22/h3-8,13-14,22H,2,9-12,15-17H2,1H3,(H2,25,26,27). The molecule has 2 aromatic carbocycles. The van der Waals surface area contributed by atoms with E-state index in [1.807, 2.05) is 19.1 Å². The Balaban J connectivity index is 1.54. The minimum absolute atomic E-state index is 0.231. The monoisotopic (exact) mass is 399 g/mol. The normalized spacial score (nSPS) is 15.3. The summed E-state index contributed by atoms with van der Waals surface area (Å²) in [4.78, 5) is 4.66. The van der Waals surface area contributed by atoms with E-state index in [2.05, 4.69) is 33.8 Å². The van der Waals surface area contributed by atoms with Crippen molar-refractivity contribution < 1.29 is 13.9 Å².